The molecule has 104 valence electrons. The molecule has 0 unspecified atom stereocenters. The summed E-state index contributed by atoms with van der Waals surface area (Å²) in [5, 5.41) is 10.6. The predicted molar refractivity (Wildman–Crippen MR) is 78.5 cm³/mol. The quantitative estimate of drug-likeness (QED) is 0.616. The molecule has 19 heavy (non-hydrogen) atoms. The van der Waals surface area contributed by atoms with E-state index < -0.39 is 4.92 Å². The van der Waals surface area contributed by atoms with Crippen LogP contribution in [0.15, 0.2) is 29.3 Å². The van der Waals surface area contributed by atoms with Crippen molar-refractivity contribution < 1.29 is 4.92 Å². The van der Waals surface area contributed by atoms with E-state index in [1.165, 1.54) is 25.0 Å². The molecule has 0 aliphatic carbocycles. The first-order valence-corrected chi connectivity index (χ1v) is 6.20. The second-order valence-electron chi connectivity index (χ2n) is 4.53. The molecule has 1 heterocycles. The third kappa shape index (κ3) is 4.21. The molecule has 0 N–H and O–H groups in total. The molecule has 1 aliphatic rings. The molecule has 0 saturated carbocycles. The fraction of sp³-hybridized carbons (Fsp3) is 0.462. The van der Waals surface area contributed by atoms with Gasteiger partial charge in [-0.15, -0.1) is 12.4 Å². The largest absolute Gasteiger partial charge is 0.363 e. The van der Waals surface area contributed by atoms with Crippen molar-refractivity contribution in [3.05, 3.63) is 34.4 Å². The minimum absolute atomic E-state index is 0. The van der Waals surface area contributed by atoms with Crippen molar-refractivity contribution in [2.45, 2.75) is 25.7 Å². The molecule has 6 heteroatoms. The Bertz CT molecular complexity index is 459. The van der Waals surface area contributed by atoms with E-state index in [4.69, 9.17) is 0 Å². The van der Waals surface area contributed by atoms with Gasteiger partial charge in [0.05, 0.1) is 10.6 Å². The molecule has 1 aromatic carbocycles. The van der Waals surface area contributed by atoms with E-state index in [1.807, 2.05) is 0 Å². The number of rotatable bonds is 2. The van der Waals surface area contributed by atoms with Crippen molar-refractivity contribution in [2.24, 2.45) is 4.99 Å². The number of nitro groups is 1. The Hall–Kier alpha value is -1.62. The van der Waals surface area contributed by atoms with Gasteiger partial charge in [-0.25, -0.2) is 4.99 Å². The summed E-state index contributed by atoms with van der Waals surface area (Å²) in [5.74, 6) is 1.07. The molecular formula is C13H18ClN3O2. The molecule has 1 aromatic rings. The number of benzene rings is 1. The lowest BCUT2D eigenvalue weighted by atomic mass is 10.2. The number of nitrogens with zero attached hydrogens (tertiary/aromatic N) is 3. The Kier molecular flexibility index (Phi) is 5.76. The van der Waals surface area contributed by atoms with Gasteiger partial charge < -0.3 is 4.90 Å². The van der Waals surface area contributed by atoms with Crippen molar-refractivity contribution in [2.75, 3.05) is 13.6 Å². The van der Waals surface area contributed by atoms with Crippen LogP contribution in [0, 0.1) is 10.1 Å². The topological polar surface area (TPSA) is 58.7 Å². The van der Waals surface area contributed by atoms with Crippen molar-refractivity contribution in [3.8, 4) is 0 Å². The van der Waals surface area contributed by atoms with Gasteiger partial charge in [-0.05, 0) is 25.0 Å². The van der Waals surface area contributed by atoms with Gasteiger partial charge in [0, 0.05) is 32.1 Å². The smallest absolute Gasteiger partial charge is 0.269 e. The van der Waals surface area contributed by atoms with E-state index in [1.54, 1.807) is 12.1 Å². The van der Waals surface area contributed by atoms with Crippen molar-refractivity contribution in [3.63, 3.8) is 0 Å². The van der Waals surface area contributed by atoms with Crippen LogP contribution in [0.2, 0.25) is 0 Å². The van der Waals surface area contributed by atoms with Gasteiger partial charge in [-0.2, -0.15) is 0 Å². The average molecular weight is 284 g/mol. The molecule has 0 aromatic heterocycles. The number of hydrogen-bond donors (Lipinski definition) is 0. The number of nitro benzene ring substituents is 1. The van der Waals surface area contributed by atoms with Crippen LogP contribution < -0.4 is 0 Å². The fourth-order valence-electron chi connectivity index (χ4n) is 2.07. The third-order valence-corrected chi connectivity index (χ3v) is 3.15. The normalized spacial score (nSPS) is 17.7. The van der Waals surface area contributed by atoms with Crippen LogP contribution in [-0.2, 0) is 0 Å². The van der Waals surface area contributed by atoms with Crippen LogP contribution in [0.4, 0.5) is 11.4 Å². The molecule has 0 spiro atoms. The zero-order valence-corrected chi connectivity index (χ0v) is 11.7. The molecule has 0 atom stereocenters. The summed E-state index contributed by atoms with van der Waals surface area (Å²) >= 11 is 0. The molecule has 0 radical (unpaired) electrons. The van der Waals surface area contributed by atoms with Gasteiger partial charge in [-0.3, -0.25) is 10.1 Å². The highest BCUT2D eigenvalue weighted by Crippen LogP contribution is 2.20. The second kappa shape index (κ2) is 7.09. The minimum Gasteiger partial charge on any atom is -0.363 e. The summed E-state index contributed by atoms with van der Waals surface area (Å²) < 4.78 is 0. The number of halogens is 1. The van der Waals surface area contributed by atoms with Gasteiger partial charge in [-0.1, -0.05) is 6.42 Å². The van der Waals surface area contributed by atoms with E-state index in [-0.39, 0.29) is 18.1 Å². The molecule has 0 bridgehead atoms. The summed E-state index contributed by atoms with van der Waals surface area (Å²) in [5.41, 5.74) is 0.887. The lowest BCUT2D eigenvalue weighted by Gasteiger charge is -2.17. The number of aliphatic imine (C=N–C) groups is 1. The molecule has 1 saturated heterocycles. The van der Waals surface area contributed by atoms with Gasteiger partial charge in [0.2, 0.25) is 0 Å². The van der Waals surface area contributed by atoms with Gasteiger partial charge in [0.15, 0.2) is 0 Å². The van der Waals surface area contributed by atoms with E-state index >= 15 is 0 Å². The Morgan fingerprint density at radius 1 is 1.21 bits per heavy atom. The third-order valence-electron chi connectivity index (χ3n) is 3.15. The molecule has 1 aliphatic heterocycles. The van der Waals surface area contributed by atoms with Gasteiger partial charge >= 0.3 is 0 Å². The number of likely N-dealkylation sites (tertiary alicyclic amines) is 1. The summed E-state index contributed by atoms with van der Waals surface area (Å²) in [7, 11) is 2.05. The first-order valence-electron chi connectivity index (χ1n) is 6.20. The van der Waals surface area contributed by atoms with Crippen molar-refractivity contribution >= 4 is 29.6 Å². The molecule has 1 fully saturated rings. The Morgan fingerprint density at radius 3 is 2.53 bits per heavy atom. The van der Waals surface area contributed by atoms with E-state index in [2.05, 4.69) is 16.9 Å². The highest BCUT2D eigenvalue weighted by Gasteiger charge is 2.11. The standard InChI is InChI=1S/C13H17N3O2.ClH/c1-15-10-4-2-3-5-13(15)14-11-6-8-12(9-7-11)16(17)18;/h6-9H,2-5,10H2,1H3;1H. The first-order chi connectivity index (χ1) is 8.66. The van der Waals surface area contributed by atoms with Crippen LogP contribution >= 0.6 is 12.4 Å². The van der Waals surface area contributed by atoms with Crippen molar-refractivity contribution in [1.82, 2.24) is 4.90 Å². The Balaban J connectivity index is 0.00000180. The molecule has 2 rings (SSSR count). The highest BCUT2D eigenvalue weighted by atomic mass is 35.5. The van der Waals surface area contributed by atoms with Crippen LogP contribution in [0.1, 0.15) is 25.7 Å². The average Bonchev–Trinajstić information content (AvgIpc) is 2.56. The fourth-order valence-corrected chi connectivity index (χ4v) is 2.07. The predicted octanol–water partition coefficient (Wildman–Crippen LogP) is 3.55. The maximum atomic E-state index is 10.6. The summed E-state index contributed by atoms with van der Waals surface area (Å²) in [6, 6.07) is 6.39. The Morgan fingerprint density at radius 2 is 1.89 bits per heavy atom. The molecule has 5 nitrogen and oxygen atoms in total. The maximum absolute atomic E-state index is 10.6. The lowest BCUT2D eigenvalue weighted by Crippen LogP contribution is -2.25. The lowest BCUT2D eigenvalue weighted by molar-refractivity contribution is -0.384. The van der Waals surface area contributed by atoms with E-state index in [0.717, 1.165) is 30.9 Å². The van der Waals surface area contributed by atoms with Crippen LogP contribution in [-0.4, -0.2) is 29.3 Å². The first kappa shape index (κ1) is 15.4. The SMILES string of the molecule is CN1CCCCCC1=Nc1ccc([N+](=O)[O-])cc1.Cl. The van der Waals surface area contributed by atoms with Gasteiger partial charge in [0.25, 0.3) is 5.69 Å². The number of amidine groups is 1. The molecule has 0 amide bonds. The maximum Gasteiger partial charge on any atom is 0.269 e. The summed E-state index contributed by atoms with van der Waals surface area (Å²) in [6.07, 6.45) is 4.59. The number of non-ortho nitro benzene ring substituents is 1. The highest BCUT2D eigenvalue weighted by molar-refractivity contribution is 5.85. The van der Waals surface area contributed by atoms with E-state index in [9.17, 15) is 10.1 Å². The molecular weight excluding hydrogens is 266 g/mol. The number of hydrogen-bond acceptors (Lipinski definition) is 3. The van der Waals surface area contributed by atoms with Crippen LogP contribution in [0.5, 0.6) is 0 Å². The minimum atomic E-state index is -0.394. The van der Waals surface area contributed by atoms with Crippen LogP contribution in [0.3, 0.4) is 0 Å². The monoisotopic (exact) mass is 283 g/mol. The van der Waals surface area contributed by atoms with Gasteiger partial charge in [0.1, 0.15) is 5.84 Å². The summed E-state index contributed by atoms with van der Waals surface area (Å²) in [4.78, 5) is 16.9. The Labute approximate surface area is 118 Å². The second-order valence-corrected chi connectivity index (χ2v) is 4.53. The van der Waals surface area contributed by atoms with E-state index in [0.29, 0.717) is 0 Å². The van der Waals surface area contributed by atoms with Crippen LogP contribution in [0.25, 0.3) is 0 Å². The summed E-state index contributed by atoms with van der Waals surface area (Å²) in [6.45, 7) is 1.03. The zero-order valence-electron chi connectivity index (χ0n) is 10.9. The van der Waals surface area contributed by atoms with Crippen molar-refractivity contribution in [1.29, 1.82) is 0 Å². The zero-order chi connectivity index (χ0) is 13.0.